The van der Waals surface area contributed by atoms with Crippen molar-refractivity contribution < 1.29 is 28.6 Å². The second-order valence-corrected chi connectivity index (χ2v) is 6.55. The quantitative estimate of drug-likeness (QED) is 0.498. The smallest absolute Gasteiger partial charge is 0.414 e. The van der Waals surface area contributed by atoms with Crippen molar-refractivity contribution in [1.82, 2.24) is 15.0 Å². The van der Waals surface area contributed by atoms with Gasteiger partial charge in [0.25, 0.3) is 0 Å². The van der Waals surface area contributed by atoms with Crippen LogP contribution < -0.4 is 16.0 Å². The standard InChI is InChI=1S/C18H30N6O6/c1-7-10(4)28-16(25)22-13-19-14(23-17(26)29-11(5)8-2)21-15(20-13)24-18(27)30-12(6)9-3/h10-12H,7-9H2,1-6H3,(H3,19,20,21,22,23,24,25,26,27). The number of carbonyl (C=O) groups excluding carboxylic acids is 3. The van der Waals surface area contributed by atoms with Gasteiger partial charge in [-0.25, -0.2) is 14.4 Å². The minimum atomic E-state index is -0.795. The van der Waals surface area contributed by atoms with Crippen LogP contribution in [0.1, 0.15) is 60.8 Å². The molecule has 168 valence electrons. The van der Waals surface area contributed by atoms with E-state index in [-0.39, 0.29) is 36.2 Å². The fraction of sp³-hybridized carbons (Fsp3) is 0.667. The first-order valence-corrected chi connectivity index (χ1v) is 9.85. The highest BCUT2D eigenvalue weighted by Gasteiger charge is 2.17. The van der Waals surface area contributed by atoms with Gasteiger partial charge in [-0.2, -0.15) is 15.0 Å². The summed E-state index contributed by atoms with van der Waals surface area (Å²) < 4.78 is 15.3. The zero-order valence-electron chi connectivity index (χ0n) is 18.1. The third-order valence-electron chi connectivity index (χ3n) is 3.93. The van der Waals surface area contributed by atoms with Crippen LogP contribution in [0.2, 0.25) is 0 Å². The minimum absolute atomic E-state index is 0.240. The molecule has 0 radical (unpaired) electrons. The molecule has 0 aliphatic heterocycles. The molecule has 0 fully saturated rings. The summed E-state index contributed by atoms with van der Waals surface area (Å²) in [5, 5.41) is 6.99. The number of anilines is 3. The normalized spacial score (nSPS) is 13.4. The van der Waals surface area contributed by atoms with E-state index >= 15 is 0 Å². The predicted molar refractivity (Wildman–Crippen MR) is 109 cm³/mol. The van der Waals surface area contributed by atoms with Crippen molar-refractivity contribution in [2.24, 2.45) is 0 Å². The first kappa shape index (κ1) is 24.9. The number of hydrogen-bond acceptors (Lipinski definition) is 9. The lowest BCUT2D eigenvalue weighted by molar-refractivity contribution is 0.117. The van der Waals surface area contributed by atoms with Gasteiger partial charge in [-0.1, -0.05) is 20.8 Å². The molecule has 12 heteroatoms. The lowest BCUT2D eigenvalue weighted by atomic mass is 10.3. The van der Waals surface area contributed by atoms with Gasteiger partial charge in [0.05, 0.1) is 0 Å². The zero-order chi connectivity index (χ0) is 22.7. The van der Waals surface area contributed by atoms with Crippen molar-refractivity contribution in [3.05, 3.63) is 0 Å². The summed E-state index contributed by atoms with van der Waals surface area (Å²) in [5.74, 6) is -0.719. The average Bonchev–Trinajstić information content (AvgIpc) is 2.66. The van der Waals surface area contributed by atoms with E-state index in [1.165, 1.54) is 0 Å². The van der Waals surface area contributed by atoms with E-state index in [1.54, 1.807) is 20.8 Å². The molecule has 0 aromatic carbocycles. The maximum Gasteiger partial charge on any atom is 0.414 e. The molecule has 3 atom stereocenters. The highest BCUT2D eigenvalue weighted by atomic mass is 16.6. The Morgan fingerprint density at radius 1 is 0.633 bits per heavy atom. The van der Waals surface area contributed by atoms with Gasteiger partial charge < -0.3 is 14.2 Å². The Morgan fingerprint density at radius 2 is 0.867 bits per heavy atom. The van der Waals surface area contributed by atoms with Gasteiger partial charge >= 0.3 is 18.3 Å². The molecular weight excluding hydrogens is 396 g/mol. The first-order valence-electron chi connectivity index (χ1n) is 9.85. The summed E-state index contributed by atoms with van der Waals surface area (Å²) in [6.45, 7) is 10.7. The zero-order valence-corrected chi connectivity index (χ0v) is 18.1. The summed E-state index contributed by atoms with van der Waals surface area (Å²) in [5.41, 5.74) is 0. The first-order chi connectivity index (χ1) is 14.2. The Morgan fingerprint density at radius 3 is 1.07 bits per heavy atom. The average molecular weight is 426 g/mol. The Bertz CT molecular complexity index is 624. The van der Waals surface area contributed by atoms with E-state index in [4.69, 9.17) is 14.2 Å². The van der Waals surface area contributed by atoms with Crippen LogP contribution in [0.15, 0.2) is 0 Å². The number of aromatic nitrogens is 3. The molecule has 0 aliphatic carbocycles. The van der Waals surface area contributed by atoms with E-state index < -0.39 is 18.3 Å². The number of rotatable bonds is 9. The fourth-order valence-corrected chi connectivity index (χ4v) is 1.70. The van der Waals surface area contributed by atoms with Crippen molar-refractivity contribution in [1.29, 1.82) is 0 Å². The molecule has 0 spiro atoms. The second kappa shape index (κ2) is 12.4. The highest BCUT2D eigenvalue weighted by molar-refractivity contribution is 5.86. The van der Waals surface area contributed by atoms with E-state index in [0.717, 1.165) is 0 Å². The van der Waals surface area contributed by atoms with Gasteiger partial charge in [-0.05, 0) is 40.0 Å². The molecular formula is C18H30N6O6. The summed E-state index contributed by atoms with van der Waals surface area (Å²) >= 11 is 0. The van der Waals surface area contributed by atoms with Crippen LogP contribution in [0, 0.1) is 0 Å². The van der Waals surface area contributed by atoms with Crippen molar-refractivity contribution in [3.63, 3.8) is 0 Å². The van der Waals surface area contributed by atoms with Crippen molar-refractivity contribution >= 4 is 36.1 Å². The lowest BCUT2D eigenvalue weighted by Gasteiger charge is -2.14. The molecule has 1 aromatic rings. The second-order valence-electron chi connectivity index (χ2n) is 6.55. The van der Waals surface area contributed by atoms with Gasteiger partial charge in [0, 0.05) is 0 Å². The van der Waals surface area contributed by atoms with Crippen molar-refractivity contribution in [2.75, 3.05) is 16.0 Å². The van der Waals surface area contributed by atoms with Gasteiger partial charge in [0.15, 0.2) is 0 Å². The van der Waals surface area contributed by atoms with Crippen molar-refractivity contribution in [3.8, 4) is 0 Å². The topological polar surface area (TPSA) is 154 Å². The van der Waals surface area contributed by atoms with Gasteiger partial charge in [0.1, 0.15) is 18.3 Å². The van der Waals surface area contributed by atoms with E-state index in [0.29, 0.717) is 19.3 Å². The van der Waals surface area contributed by atoms with E-state index in [9.17, 15) is 14.4 Å². The van der Waals surface area contributed by atoms with Crippen molar-refractivity contribution in [2.45, 2.75) is 79.1 Å². The number of amides is 3. The minimum Gasteiger partial charge on any atom is -0.446 e. The van der Waals surface area contributed by atoms with Crippen LogP contribution in [0.5, 0.6) is 0 Å². The molecule has 3 N–H and O–H groups in total. The fourth-order valence-electron chi connectivity index (χ4n) is 1.70. The largest absolute Gasteiger partial charge is 0.446 e. The van der Waals surface area contributed by atoms with E-state index in [1.807, 2.05) is 20.8 Å². The maximum absolute atomic E-state index is 12.0. The third-order valence-corrected chi connectivity index (χ3v) is 3.93. The summed E-state index contributed by atoms with van der Waals surface area (Å²) in [6.07, 6.45) is -1.49. The lowest BCUT2D eigenvalue weighted by Crippen LogP contribution is -2.25. The monoisotopic (exact) mass is 426 g/mol. The molecule has 0 saturated heterocycles. The number of nitrogens with one attached hydrogen (secondary N) is 3. The molecule has 3 amide bonds. The van der Waals surface area contributed by atoms with Crippen LogP contribution in [-0.2, 0) is 14.2 Å². The van der Waals surface area contributed by atoms with Crippen LogP contribution in [0.4, 0.5) is 32.2 Å². The highest BCUT2D eigenvalue weighted by Crippen LogP contribution is 2.12. The molecule has 12 nitrogen and oxygen atoms in total. The van der Waals surface area contributed by atoms with Crippen LogP contribution in [0.25, 0.3) is 0 Å². The van der Waals surface area contributed by atoms with Gasteiger partial charge in [-0.15, -0.1) is 0 Å². The molecule has 1 heterocycles. The summed E-state index contributed by atoms with van der Waals surface area (Å²) in [4.78, 5) is 47.7. The number of carbonyl (C=O) groups is 3. The molecule has 3 unspecified atom stereocenters. The molecule has 1 rings (SSSR count). The summed E-state index contributed by atoms with van der Waals surface area (Å²) in [7, 11) is 0. The molecule has 0 aliphatic rings. The van der Waals surface area contributed by atoms with Crippen LogP contribution in [0.3, 0.4) is 0 Å². The number of ether oxygens (including phenoxy) is 3. The van der Waals surface area contributed by atoms with E-state index in [2.05, 4.69) is 30.9 Å². The molecule has 30 heavy (non-hydrogen) atoms. The Hall–Kier alpha value is -3.18. The number of hydrogen-bond donors (Lipinski definition) is 3. The Kier molecular flexibility index (Phi) is 10.3. The Balaban J connectivity index is 3.00. The SMILES string of the molecule is CCC(C)OC(=O)Nc1nc(NC(=O)OC(C)CC)nc(NC(=O)OC(C)CC)n1. The molecule has 1 aromatic heterocycles. The maximum atomic E-state index is 12.0. The van der Waals surface area contributed by atoms with Gasteiger partial charge in [-0.3, -0.25) is 16.0 Å². The van der Waals surface area contributed by atoms with Gasteiger partial charge in [0.2, 0.25) is 17.8 Å². The number of nitrogens with zero attached hydrogens (tertiary/aromatic N) is 3. The van der Waals surface area contributed by atoms with Crippen LogP contribution in [-0.4, -0.2) is 51.5 Å². The predicted octanol–water partition coefficient (Wildman–Crippen LogP) is 3.91. The Labute approximate surface area is 175 Å². The third kappa shape index (κ3) is 9.34. The molecule has 0 saturated carbocycles. The van der Waals surface area contributed by atoms with Crippen LogP contribution >= 0.6 is 0 Å². The summed E-state index contributed by atoms with van der Waals surface area (Å²) in [6, 6.07) is 0. The molecule has 0 bridgehead atoms.